The smallest absolute Gasteiger partial charge is 0.338 e. The highest BCUT2D eigenvalue weighted by Gasteiger charge is 2.12. The Labute approximate surface area is 156 Å². The Morgan fingerprint density at radius 2 is 2.04 bits per heavy atom. The molecule has 27 heavy (non-hydrogen) atoms. The van der Waals surface area contributed by atoms with Crippen LogP contribution in [0, 0.1) is 5.82 Å². The Hall–Kier alpha value is -3.33. The molecular weight excluding hydrogens is 371 g/mol. The molecule has 0 bridgehead atoms. The number of nitrogens with one attached hydrogen (secondary N) is 1. The third-order valence-corrected chi connectivity index (χ3v) is 4.63. The van der Waals surface area contributed by atoms with Gasteiger partial charge in [0.15, 0.2) is 0 Å². The highest BCUT2D eigenvalue weighted by Crippen LogP contribution is 2.23. The summed E-state index contributed by atoms with van der Waals surface area (Å²) in [5.74, 6) is -0.845. The van der Waals surface area contributed by atoms with Crippen LogP contribution in [0.15, 0.2) is 47.3 Å². The monoisotopic (exact) mass is 384 g/mol. The summed E-state index contributed by atoms with van der Waals surface area (Å²) in [6.07, 6.45) is 0. The van der Waals surface area contributed by atoms with E-state index in [1.807, 2.05) is 0 Å². The Kier molecular flexibility index (Phi) is 4.28. The zero-order valence-corrected chi connectivity index (χ0v) is 14.9. The van der Waals surface area contributed by atoms with Crippen molar-refractivity contribution in [3.63, 3.8) is 0 Å². The van der Waals surface area contributed by atoms with E-state index in [1.54, 1.807) is 31.2 Å². The number of hydrogen-bond donors (Lipinski definition) is 1. The number of aromatic nitrogens is 3. The molecule has 2 aromatic heterocycles. The van der Waals surface area contributed by atoms with Gasteiger partial charge in [0.05, 0.1) is 23.1 Å². The summed E-state index contributed by atoms with van der Waals surface area (Å²) in [6.45, 7) is 2.05. The van der Waals surface area contributed by atoms with Crippen molar-refractivity contribution in [2.75, 3.05) is 11.9 Å². The van der Waals surface area contributed by atoms with Crippen molar-refractivity contribution in [1.82, 2.24) is 14.6 Å². The Morgan fingerprint density at radius 1 is 1.26 bits per heavy atom. The second-order valence-corrected chi connectivity index (χ2v) is 6.56. The second-order valence-electron chi connectivity index (χ2n) is 5.60. The molecule has 0 amide bonds. The largest absolute Gasteiger partial charge is 0.462 e. The highest BCUT2D eigenvalue weighted by atomic mass is 32.1. The van der Waals surface area contributed by atoms with Crippen LogP contribution in [0.1, 0.15) is 17.3 Å². The number of carbonyl (C=O) groups excluding carboxylic acids is 1. The van der Waals surface area contributed by atoms with Crippen LogP contribution in [0.3, 0.4) is 0 Å². The number of esters is 1. The maximum atomic E-state index is 13.4. The van der Waals surface area contributed by atoms with E-state index in [0.29, 0.717) is 33.3 Å². The first-order chi connectivity index (χ1) is 13.0. The number of ether oxygens (including phenoxy) is 1. The minimum absolute atomic E-state index is 0.286. The van der Waals surface area contributed by atoms with E-state index in [0.717, 1.165) is 11.3 Å². The molecule has 9 heteroatoms. The first kappa shape index (κ1) is 17.1. The maximum absolute atomic E-state index is 13.4. The van der Waals surface area contributed by atoms with E-state index >= 15 is 0 Å². The molecular formula is C18H13FN4O3S. The van der Waals surface area contributed by atoms with Crippen molar-refractivity contribution >= 4 is 44.0 Å². The molecule has 7 nitrogen and oxygen atoms in total. The standard InChI is InChI=1S/C18H13FN4O3S/c1-2-26-16(25)10-3-6-12(7-4-10)20-17-22-23-15(24)13-8-5-11(19)9-14(13)21-18(23)27-17/h3-9H,2H2,1H3,(H,20,22). The van der Waals surface area contributed by atoms with E-state index in [2.05, 4.69) is 15.4 Å². The predicted octanol–water partition coefficient (Wildman–Crippen LogP) is 3.36. The Balaban J connectivity index is 1.66. The lowest BCUT2D eigenvalue weighted by molar-refractivity contribution is 0.0526. The van der Waals surface area contributed by atoms with E-state index in [1.165, 1.54) is 22.7 Å². The average Bonchev–Trinajstić information content (AvgIpc) is 3.05. The van der Waals surface area contributed by atoms with Crippen LogP contribution in [0.4, 0.5) is 15.2 Å². The molecule has 0 unspecified atom stereocenters. The van der Waals surface area contributed by atoms with Gasteiger partial charge >= 0.3 is 5.97 Å². The summed E-state index contributed by atoms with van der Waals surface area (Å²) in [7, 11) is 0. The molecule has 0 fully saturated rings. The Morgan fingerprint density at radius 3 is 2.78 bits per heavy atom. The predicted molar refractivity (Wildman–Crippen MR) is 100 cm³/mol. The molecule has 0 radical (unpaired) electrons. The molecule has 0 spiro atoms. The molecule has 4 rings (SSSR count). The molecule has 0 saturated carbocycles. The summed E-state index contributed by atoms with van der Waals surface area (Å²) in [6, 6.07) is 10.5. The third kappa shape index (κ3) is 3.24. The lowest BCUT2D eigenvalue weighted by atomic mass is 10.2. The number of carbonyl (C=O) groups is 1. The topological polar surface area (TPSA) is 85.6 Å². The van der Waals surface area contributed by atoms with Crippen molar-refractivity contribution < 1.29 is 13.9 Å². The summed E-state index contributed by atoms with van der Waals surface area (Å²) in [5.41, 5.74) is 1.05. The number of fused-ring (bicyclic) bond motifs is 2. The lowest BCUT2D eigenvalue weighted by Crippen LogP contribution is -2.15. The van der Waals surface area contributed by atoms with E-state index in [4.69, 9.17) is 4.74 Å². The van der Waals surface area contributed by atoms with Crippen LogP contribution in [0.2, 0.25) is 0 Å². The summed E-state index contributed by atoms with van der Waals surface area (Å²) in [5, 5.41) is 8.04. The zero-order valence-electron chi connectivity index (χ0n) is 14.1. The van der Waals surface area contributed by atoms with E-state index < -0.39 is 11.8 Å². The fourth-order valence-electron chi connectivity index (χ4n) is 2.56. The van der Waals surface area contributed by atoms with Crippen molar-refractivity contribution in [2.45, 2.75) is 6.92 Å². The van der Waals surface area contributed by atoms with Crippen LogP contribution in [0.5, 0.6) is 0 Å². The van der Waals surface area contributed by atoms with Crippen molar-refractivity contribution in [3.8, 4) is 0 Å². The minimum Gasteiger partial charge on any atom is -0.462 e. The van der Waals surface area contributed by atoms with Gasteiger partial charge in [-0.1, -0.05) is 11.3 Å². The fourth-order valence-corrected chi connectivity index (χ4v) is 3.38. The molecule has 0 aliphatic rings. The van der Waals surface area contributed by atoms with Gasteiger partial charge in [0.25, 0.3) is 5.56 Å². The van der Waals surface area contributed by atoms with Gasteiger partial charge in [0.1, 0.15) is 5.82 Å². The SMILES string of the molecule is CCOC(=O)c1ccc(Nc2nn3c(=O)c4ccc(F)cc4nc3s2)cc1. The van der Waals surface area contributed by atoms with Gasteiger partial charge < -0.3 is 10.1 Å². The van der Waals surface area contributed by atoms with Crippen molar-refractivity contribution in [2.24, 2.45) is 0 Å². The number of benzene rings is 2. The molecule has 4 aromatic rings. The normalized spacial score (nSPS) is 11.0. The molecule has 2 heterocycles. The summed E-state index contributed by atoms with van der Waals surface area (Å²) in [4.78, 5) is 28.8. The molecule has 0 atom stereocenters. The van der Waals surface area contributed by atoms with Gasteiger partial charge in [0, 0.05) is 11.8 Å². The molecule has 2 aromatic carbocycles. The first-order valence-corrected chi connectivity index (χ1v) is 8.90. The minimum atomic E-state index is -0.455. The molecule has 0 aliphatic carbocycles. The van der Waals surface area contributed by atoms with Gasteiger partial charge in [-0.3, -0.25) is 4.79 Å². The van der Waals surface area contributed by atoms with Crippen LogP contribution in [0.25, 0.3) is 15.9 Å². The first-order valence-electron chi connectivity index (χ1n) is 8.08. The van der Waals surface area contributed by atoms with Crippen molar-refractivity contribution in [1.29, 1.82) is 0 Å². The second kappa shape index (κ2) is 6.76. The van der Waals surface area contributed by atoms with Gasteiger partial charge in [0.2, 0.25) is 10.1 Å². The number of hydrogen-bond acceptors (Lipinski definition) is 7. The number of nitrogens with zero attached hydrogens (tertiary/aromatic N) is 3. The quantitative estimate of drug-likeness (QED) is 0.543. The van der Waals surface area contributed by atoms with Gasteiger partial charge in [-0.2, -0.15) is 4.52 Å². The molecule has 136 valence electrons. The molecule has 0 aliphatic heterocycles. The van der Waals surface area contributed by atoms with Gasteiger partial charge in [-0.25, -0.2) is 14.2 Å². The van der Waals surface area contributed by atoms with E-state index in [9.17, 15) is 14.0 Å². The van der Waals surface area contributed by atoms with Gasteiger partial charge in [-0.05, 0) is 43.3 Å². The van der Waals surface area contributed by atoms with Gasteiger partial charge in [-0.15, -0.1) is 5.10 Å². The summed E-state index contributed by atoms with van der Waals surface area (Å²) >= 11 is 1.16. The van der Waals surface area contributed by atoms with Crippen LogP contribution >= 0.6 is 11.3 Å². The fraction of sp³-hybridized carbons (Fsp3) is 0.111. The van der Waals surface area contributed by atoms with Crippen LogP contribution in [-0.2, 0) is 4.74 Å². The number of rotatable bonds is 4. The maximum Gasteiger partial charge on any atom is 0.338 e. The third-order valence-electron chi connectivity index (χ3n) is 3.81. The molecule has 1 N–H and O–H groups in total. The van der Waals surface area contributed by atoms with Crippen LogP contribution in [-0.4, -0.2) is 27.2 Å². The molecule has 0 saturated heterocycles. The zero-order chi connectivity index (χ0) is 19.0. The Bertz CT molecular complexity index is 1220. The van der Waals surface area contributed by atoms with Crippen molar-refractivity contribution in [3.05, 3.63) is 64.2 Å². The van der Waals surface area contributed by atoms with E-state index in [-0.39, 0.29) is 11.1 Å². The van der Waals surface area contributed by atoms with Crippen LogP contribution < -0.4 is 10.9 Å². The number of anilines is 2. The summed E-state index contributed by atoms with van der Waals surface area (Å²) < 4.78 is 19.5. The average molecular weight is 384 g/mol. The highest BCUT2D eigenvalue weighted by molar-refractivity contribution is 7.20. The lowest BCUT2D eigenvalue weighted by Gasteiger charge is -2.04. The number of halogens is 1.